The van der Waals surface area contributed by atoms with Crippen molar-refractivity contribution in [1.29, 1.82) is 0 Å². The molecule has 0 saturated heterocycles. The lowest BCUT2D eigenvalue weighted by molar-refractivity contribution is 0.427. The first kappa shape index (κ1) is 8.32. The van der Waals surface area contributed by atoms with Crippen LogP contribution in [0, 0.1) is 5.92 Å². The minimum atomic E-state index is 0.0869. The number of rotatable bonds is 3. The largest absolute Gasteiger partial charge is 0.453 e. The first-order valence-electron chi connectivity index (χ1n) is 4.26. The summed E-state index contributed by atoms with van der Waals surface area (Å²) in [7, 11) is 0. The fourth-order valence-electron chi connectivity index (χ4n) is 1.36. The summed E-state index contributed by atoms with van der Waals surface area (Å²) < 4.78 is 6.13. The predicted molar refractivity (Wildman–Crippen MR) is 50.7 cm³/mol. The zero-order valence-corrected chi connectivity index (χ0v) is 8.38. The lowest BCUT2D eigenvalue weighted by atomic mass is 10.1. The first-order valence-corrected chi connectivity index (χ1v) is 5.06. The van der Waals surface area contributed by atoms with Gasteiger partial charge in [-0.05, 0) is 40.4 Å². The van der Waals surface area contributed by atoms with Gasteiger partial charge in [0.15, 0.2) is 4.67 Å². The zero-order valence-electron chi connectivity index (χ0n) is 6.79. The van der Waals surface area contributed by atoms with Crippen LogP contribution < -0.4 is 5.73 Å². The van der Waals surface area contributed by atoms with Crippen LogP contribution in [0.25, 0.3) is 0 Å². The summed E-state index contributed by atoms with van der Waals surface area (Å²) in [4.78, 5) is 0. The van der Waals surface area contributed by atoms with Crippen molar-refractivity contribution in [1.82, 2.24) is 0 Å². The molecule has 1 fully saturated rings. The number of nitrogens with two attached hydrogens (primary N) is 1. The summed E-state index contributed by atoms with van der Waals surface area (Å²) in [5.41, 5.74) is 5.93. The fraction of sp³-hybridized carbons (Fsp3) is 0.556. The van der Waals surface area contributed by atoms with E-state index in [1.807, 2.05) is 12.1 Å². The lowest BCUT2D eigenvalue weighted by Crippen LogP contribution is -2.09. The van der Waals surface area contributed by atoms with E-state index in [9.17, 15) is 0 Å². The summed E-state index contributed by atoms with van der Waals surface area (Å²) >= 11 is 3.26. The lowest BCUT2D eigenvalue weighted by Gasteiger charge is -2.06. The van der Waals surface area contributed by atoms with Crippen LogP contribution in [0.15, 0.2) is 21.2 Å². The average molecular weight is 230 g/mol. The molecule has 12 heavy (non-hydrogen) atoms. The van der Waals surface area contributed by atoms with E-state index < -0.39 is 0 Å². The van der Waals surface area contributed by atoms with Gasteiger partial charge in [-0.1, -0.05) is 12.8 Å². The van der Waals surface area contributed by atoms with E-state index in [1.165, 1.54) is 12.8 Å². The highest BCUT2D eigenvalue weighted by molar-refractivity contribution is 9.10. The van der Waals surface area contributed by atoms with Gasteiger partial charge in [-0.25, -0.2) is 0 Å². The van der Waals surface area contributed by atoms with Crippen molar-refractivity contribution in [3.63, 3.8) is 0 Å². The smallest absolute Gasteiger partial charge is 0.169 e. The van der Waals surface area contributed by atoms with Crippen molar-refractivity contribution in [3.05, 3.63) is 22.6 Å². The monoisotopic (exact) mass is 229 g/mol. The molecule has 3 heteroatoms. The van der Waals surface area contributed by atoms with Crippen molar-refractivity contribution in [2.24, 2.45) is 11.7 Å². The van der Waals surface area contributed by atoms with Crippen molar-refractivity contribution in [3.8, 4) is 0 Å². The number of hydrogen-bond donors (Lipinski definition) is 1. The molecule has 0 amide bonds. The van der Waals surface area contributed by atoms with E-state index in [0.717, 1.165) is 22.8 Å². The molecule has 2 nitrogen and oxygen atoms in total. The van der Waals surface area contributed by atoms with Gasteiger partial charge in [-0.15, -0.1) is 0 Å². The Labute approximate surface area is 80.3 Å². The minimum Gasteiger partial charge on any atom is -0.453 e. The third-order valence-corrected chi connectivity index (χ3v) is 2.67. The van der Waals surface area contributed by atoms with E-state index in [1.54, 1.807) is 0 Å². The normalized spacial score (nSPS) is 19.5. The Balaban J connectivity index is 1.97. The molecule has 1 heterocycles. The SMILES string of the molecule is NC(CC1CC1)c1ccc(Br)o1. The van der Waals surface area contributed by atoms with Crippen LogP contribution >= 0.6 is 15.9 Å². The maximum absolute atomic E-state index is 5.93. The van der Waals surface area contributed by atoms with Gasteiger partial charge in [0.05, 0.1) is 6.04 Å². The molecule has 0 aromatic carbocycles. The Kier molecular flexibility index (Phi) is 2.24. The van der Waals surface area contributed by atoms with Gasteiger partial charge in [0.25, 0.3) is 0 Å². The standard InChI is InChI=1S/C9H12BrNO/c10-9-4-3-8(12-9)7(11)5-6-1-2-6/h3-4,6-7H,1-2,5,11H2. The van der Waals surface area contributed by atoms with E-state index >= 15 is 0 Å². The first-order chi connectivity index (χ1) is 5.75. The molecular weight excluding hydrogens is 218 g/mol. The highest BCUT2D eigenvalue weighted by atomic mass is 79.9. The van der Waals surface area contributed by atoms with Crippen molar-refractivity contribution >= 4 is 15.9 Å². The molecule has 2 rings (SSSR count). The molecular formula is C9H12BrNO. The molecule has 0 radical (unpaired) electrons. The van der Waals surface area contributed by atoms with Crippen LogP contribution in [0.4, 0.5) is 0 Å². The summed E-state index contributed by atoms with van der Waals surface area (Å²) in [5, 5.41) is 0. The average Bonchev–Trinajstić information content (AvgIpc) is 2.72. The maximum Gasteiger partial charge on any atom is 0.169 e. The molecule has 0 bridgehead atoms. The summed E-state index contributed by atoms with van der Waals surface area (Å²) in [6.45, 7) is 0. The van der Waals surface area contributed by atoms with Gasteiger partial charge in [-0.3, -0.25) is 0 Å². The van der Waals surface area contributed by atoms with Gasteiger partial charge < -0.3 is 10.2 Å². The molecule has 1 aliphatic rings. The van der Waals surface area contributed by atoms with E-state index in [2.05, 4.69) is 15.9 Å². The summed E-state index contributed by atoms with van der Waals surface area (Å²) in [6, 6.07) is 3.92. The zero-order chi connectivity index (χ0) is 8.55. The molecule has 1 aliphatic carbocycles. The third-order valence-electron chi connectivity index (χ3n) is 2.24. The van der Waals surface area contributed by atoms with Crippen molar-refractivity contribution in [2.45, 2.75) is 25.3 Å². The minimum absolute atomic E-state index is 0.0869. The number of halogens is 1. The molecule has 1 atom stereocenters. The van der Waals surface area contributed by atoms with Gasteiger partial charge in [-0.2, -0.15) is 0 Å². The molecule has 2 N–H and O–H groups in total. The van der Waals surface area contributed by atoms with Crippen LogP contribution in [0.3, 0.4) is 0 Å². The molecule has 0 aliphatic heterocycles. The molecule has 1 aromatic rings. The molecule has 0 spiro atoms. The van der Waals surface area contributed by atoms with E-state index in [0.29, 0.717) is 0 Å². The van der Waals surface area contributed by atoms with Gasteiger partial charge >= 0.3 is 0 Å². The maximum atomic E-state index is 5.93. The van der Waals surface area contributed by atoms with E-state index in [4.69, 9.17) is 10.2 Å². The predicted octanol–water partition coefficient (Wildman–Crippen LogP) is 2.84. The molecule has 1 saturated carbocycles. The Morgan fingerprint density at radius 2 is 2.33 bits per heavy atom. The Bertz CT molecular complexity index is 267. The van der Waals surface area contributed by atoms with Crippen LogP contribution in [0.5, 0.6) is 0 Å². The Morgan fingerprint density at radius 3 is 2.83 bits per heavy atom. The van der Waals surface area contributed by atoms with E-state index in [-0.39, 0.29) is 6.04 Å². The second-order valence-electron chi connectivity index (χ2n) is 3.43. The fourth-order valence-corrected chi connectivity index (χ4v) is 1.68. The van der Waals surface area contributed by atoms with Crippen molar-refractivity contribution in [2.75, 3.05) is 0 Å². The van der Waals surface area contributed by atoms with Crippen LogP contribution in [-0.2, 0) is 0 Å². The molecule has 1 unspecified atom stereocenters. The highest BCUT2D eigenvalue weighted by Gasteiger charge is 2.25. The highest BCUT2D eigenvalue weighted by Crippen LogP contribution is 2.37. The topological polar surface area (TPSA) is 39.2 Å². The van der Waals surface area contributed by atoms with Gasteiger partial charge in [0, 0.05) is 0 Å². The van der Waals surface area contributed by atoms with Crippen molar-refractivity contribution < 1.29 is 4.42 Å². The Morgan fingerprint density at radius 1 is 1.58 bits per heavy atom. The second kappa shape index (κ2) is 3.23. The molecule has 66 valence electrons. The van der Waals surface area contributed by atoms with Crippen LogP contribution in [0.1, 0.15) is 31.1 Å². The third kappa shape index (κ3) is 1.90. The summed E-state index contributed by atoms with van der Waals surface area (Å²) in [6.07, 6.45) is 3.76. The Hall–Kier alpha value is -0.280. The summed E-state index contributed by atoms with van der Waals surface area (Å²) in [5.74, 6) is 1.75. The second-order valence-corrected chi connectivity index (χ2v) is 4.21. The number of furan rings is 1. The van der Waals surface area contributed by atoms with Gasteiger partial charge in [0.1, 0.15) is 5.76 Å². The number of hydrogen-bond acceptors (Lipinski definition) is 2. The molecule has 1 aromatic heterocycles. The van der Waals surface area contributed by atoms with Crippen LogP contribution in [-0.4, -0.2) is 0 Å². The van der Waals surface area contributed by atoms with Crippen LogP contribution in [0.2, 0.25) is 0 Å². The quantitative estimate of drug-likeness (QED) is 0.867. The van der Waals surface area contributed by atoms with Gasteiger partial charge in [0.2, 0.25) is 0 Å².